The molecule has 0 bridgehead atoms. The molecule has 2 aromatic rings. The van der Waals surface area contributed by atoms with Gasteiger partial charge in [0, 0.05) is 31.2 Å². The van der Waals surface area contributed by atoms with E-state index in [2.05, 4.69) is 15.6 Å². The number of imidazole rings is 1. The molecule has 0 saturated carbocycles. The van der Waals surface area contributed by atoms with Crippen LogP contribution in [0.2, 0.25) is 0 Å². The highest BCUT2D eigenvalue weighted by molar-refractivity contribution is 7.80. The Morgan fingerprint density at radius 2 is 2.25 bits per heavy atom. The lowest BCUT2D eigenvalue weighted by molar-refractivity contribution is 0.0526. The molecule has 2 N–H and O–H groups in total. The molecule has 2 rings (SSSR count). The molecule has 1 aromatic heterocycles. The monoisotopic (exact) mass is 346 g/mol. The number of aryl methyl sites for hydroxylation is 2. The molecule has 1 aromatic carbocycles. The van der Waals surface area contributed by atoms with Crippen molar-refractivity contribution in [1.82, 2.24) is 14.9 Å². The van der Waals surface area contributed by atoms with Crippen LogP contribution in [0, 0.1) is 6.92 Å². The first-order valence-electron chi connectivity index (χ1n) is 7.88. The summed E-state index contributed by atoms with van der Waals surface area (Å²) < 4.78 is 7.02. The zero-order valence-corrected chi connectivity index (χ0v) is 14.7. The van der Waals surface area contributed by atoms with Crippen molar-refractivity contribution in [3.8, 4) is 0 Å². The van der Waals surface area contributed by atoms with E-state index in [1.54, 1.807) is 31.6 Å². The SMILES string of the molecule is CCOC(=O)c1ccc(NC(=S)NCCCn2ccnc2)c(C)c1. The van der Waals surface area contributed by atoms with E-state index in [1.165, 1.54) is 0 Å². The quantitative estimate of drug-likeness (QED) is 0.456. The van der Waals surface area contributed by atoms with Crippen molar-refractivity contribution in [2.45, 2.75) is 26.8 Å². The third-order valence-corrected chi connectivity index (χ3v) is 3.67. The van der Waals surface area contributed by atoms with Crippen molar-refractivity contribution >= 4 is 29.0 Å². The number of carbonyl (C=O) groups excluding carboxylic acids is 1. The molecule has 128 valence electrons. The van der Waals surface area contributed by atoms with Crippen molar-refractivity contribution in [2.75, 3.05) is 18.5 Å². The second kappa shape index (κ2) is 9.02. The van der Waals surface area contributed by atoms with Crippen LogP contribution in [-0.4, -0.2) is 33.8 Å². The summed E-state index contributed by atoms with van der Waals surface area (Å²) in [5, 5.41) is 6.89. The maximum absolute atomic E-state index is 11.7. The van der Waals surface area contributed by atoms with E-state index in [0.29, 0.717) is 17.3 Å². The molecule has 0 aliphatic heterocycles. The van der Waals surface area contributed by atoms with Gasteiger partial charge in [-0.1, -0.05) is 0 Å². The molecule has 1 heterocycles. The Morgan fingerprint density at radius 1 is 1.42 bits per heavy atom. The lowest BCUT2D eigenvalue weighted by atomic mass is 10.1. The number of ether oxygens (including phenoxy) is 1. The van der Waals surface area contributed by atoms with Crippen LogP contribution in [0.15, 0.2) is 36.9 Å². The predicted octanol–water partition coefficient (Wildman–Crippen LogP) is 2.74. The molecule has 0 fully saturated rings. The third-order valence-electron chi connectivity index (χ3n) is 3.42. The predicted molar refractivity (Wildman–Crippen MR) is 98.2 cm³/mol. The standard InChI is InChI=1S/C17H22N4O2S/c1-3-23-16(22)14-5-6-15(13(2)11-14)20-17(24)19-7-4-9-21-10-8-18-12-21/h5-6,8,10-12H,3-4,7,9H2,1-2H3,(H2,19,20,24). The Labute approximate surface area is 147 Å². The van der Waals surface area contributed by atoms with Crippen LogP contribution in [0.25, 0.3) is 0 Å². The van der Waals surface area contributed by atoms with Gasteiger partial charge in [0.2, 0.25) is 0 Å². The Bertz CT molecular complexity index is 686. The fourth-order valence-corrected chi connectivity index (χ4v) is 2.41. The van der Waals surface area contributed by atoms with Gasteiger partial charge in [-0.2, -0.15) is 0 Å². The van der Waals surface area contributed by atoms with Gasteiger partial charge >= 0.3 is 5.97 Å². The van der Waals surface area contributed by atoms with Crippen LogP contribution >= 0.6 is 12.2 Å². The minimum atomic E-state index is -0.313. The zero-order chi connectivity index (χ0) is 17.4. The molecule has 7 heteroatoms. The number of benzene rings is 1. The molecular formula is C17H22N4O2S. The van der Waals surface area contributed by atoms with Crippen LogP contribution < -0.4 is 10.6 Å². The molecule has 0 saturated heterocycles. The summed E-state index contributed by atoms with van der Waals surface area (Å²) in [6.45, 7) is 5.74. The van der Waals surface area contributed by atoms with Crippen LogP contribution in [0.1, 0.15) is 29.3 Å². The molecule has 0 spiro atoms. The molecule has 0 radical (unpaired) electrons. The second-order valence-electron chi connectivity index (χ2n) is 5.29. The van der Waals surface area contributed by atoms with Crippen molar-refractivity contribution in [2.24, 2.45) is 0 Å². The zero-order valence-electron chi connectivity index (χ0n) is 13.9. The van der Waals surface area contributed by atoms with Crippen LogP contribution in [-0.2, 0) is 11.3 Å². The van der Waals surface area contributed by atoms with Gasteiger partial charge in [-0.15, -0.1) is 0 Å². The number of esters is 1. The van der Waals surface area contributed by atoms with Gasteiger partial charge in [0.1, 0.15) is 0 Å². The molecule has 0 aliphatic carbocycles. The first kappa shape index (κ1) is 17.9. The number of nitrogens with zero attached hydrogens (tertiary/aromatic N) is 2. The van der Waals surface area contributed by atoms with E-state index in [-0.39, 0.29) is 5.97 Å². The highest BCUT2D eigenvalue weighted by Crippen LogP contribution is 2.17. The average Bonchev–Trinajstić information content (AvgIpc) is 3.07. The maximum atomic E-state index is 11.7. The van der Waals surface area contributed by atoms with Crippen LogP contribution in [0.3, 0.4) is 0 Å². The van der Waals surface area contributed by atoms with Gasteiger partial charge in [-0.3, -0.25) is 0 Å². The van der Waals surface area contributed by atoms with Gasteiger partial charge in [0.25, 0.3) is 0 Å². The summed E-state index contributed by atoms with van der Waals surface area (Å²) in [6, 6.07) is 5.36. The number of rotatable bonds is 7. The second-order valence-corrected chi connectivity index (χ2v) is 5.69. The van der Waals surface area contributed by atoms with Gasteiger partial charge in [0.05, 0.1) is 18.5 Å². The largest absolute Gasteiger partial charge is 0.462 e. The maximum Gasteiger partial charge on any atom is 0.338 e. The number of anilines is 1. The van der Waals surface area contributed by atoms with E-state index < -0.39 is 0 Å². The Balaban J connectivity index is 1.79. The summed E-state index contributed by atoms with van der Waals surface area (Å²) in [4.78, 5) is 15.7. The van der Waals surface area contributed by atoms with E-state index in [1.807, 2.05) is 23.8 Å². The molecule has 0 unspecified atom stereocenters. The Kier molecular flexibility index (Phi) is 6.74. The lowest BCUT2D eigenvalue weighted by Gasteiger charge is -2.13. The van der Waals surface area contributed by atoms with Gasteiger partial charge in [-0.05, 0) is 56.2 Å². The Hall–Kier alpha value is -2.41. The van der Waals surface area contributed by atoms with Crippen molar-refractivity contribution in [1.29, 1.82) is 0 Å². The normalized spacial score (nSPS) is 10.2. The first-order valence-corrected chi connectivity index (χ1v) is 8.29. The van der Waals surface area contributed by atoms with Gasteiger partial charge in [0.15, 0.2) is 5.11 Å². The summed E-state index contributed by atoms with van der Waals surface area (Å²) >= 11 is 5.30. The summed E-state index contributed by atoms with van der Waals surface area (Å²) in [5.74, 6) is -0.313. The van der Waals surface area contributed by atoms with E-state index in [9.17, 15) is 4.79 Å². The van der Waals surface area contributed by atoms with Crippen molar-refractivity contribution < 1.29 is 9.53 Å². The van der Waals surface area contributed by atoms with Crippen LogP contribution in [0.5, 0.6) is 0 Å². The minimum Gasteiger partial charge on any atom is -0.462 e. The summed E-state index contributed by atoms with van der Waals surface area (Å²) in [7, 11) is 0. The summed E-state index contributed by atoms with van der Waals surface area (Å²) in [5.41, 5.74) is 2.34. The van der Waals surface area contributed by atoms with Gasteiger partial charge < -0.3 is 19.9 Å². The van der Waals surface area contributed by atoms with E-state index >= 15 is 0 Å². The smallest absolute Gasteiger partial charge is 0.338 e. The lowest BCUT2D eigenvalue weighted by Crippen LogP contribution is -2.30. The fraction of sp³-hybridized carbons (Fsp3) is 0.353. The minimum absolute atomic E-state index is 0.313. The fourth-order valence-electron chi connectivity index (χ4n) is 2.19. The molecule has 0 amide bonds. The topological polar surface area (TPSA) is 68.2 Å². The van der Waals surface area contributed by atoms with Gasteiger partial charge in [-0.25, -0.2) is 9.78 Å². The number of hydrogen-bond acceptors (Lipinski definition) is 4. The van der Waals surface area contributed by atoms with Crippen molar-refractivity contribution in [3.63, 3.8) is 0 Å². The molecule has 0 atom stereocenters. The highest BCUT2D eigenvalue weighted by atomic mass is 32.1. The Morgan fingerprint density at radius 3 is 2.92 bits per heavy atom. The number of carbonyl (C=O) groups is 1. The number of aromatic nitrogens is 2. The molecule has 0 aliphatic rings. The van der Waals surface area contributed by atoms with Crippen molar-refractivity contribution in [3.05, 3.63) is 48.0 Å². The highest BCUT2D eigenvalue weighted by Gasteiger charge is 2.09. The molecule has 6 nitrogen and oxygen atoms in total. The summed E-state index contributed by atoms with van der Waals surface area (Å²) in [6.07, 6.45) is 6.44. The third kappa shape index (κ3) is 5.34. The first-order chi connectivity index (χ1) is 11.6. The number of nitrogens with one attached hydrogen (secondary N) is 2. The number of hydrogen-bond donors (Lipinski definition) is 2. The number of thiocarbonyl (C=S) groups is 1. The molecular weight excluding hydrogens is 324 g/mol. The van der Waals surface area contributed by atoms with E-state index in [0.717, 1.165) is 30.8 Å². The van der Waals surface area contributed by atoms with Crippen LogP contribution in [0.4, 0.5) is 5.69 Å². The average molecular weight is 346 g/mol. The van der Waals surface area contributed by atoms with E-state index in [4.69, 9.17) is 17.0 Å². The molecule has 24 heavy (non-hydrogen) atoms.